The summed E-state index contributed by atoms with van der Waals surface area (Å²) in [5, 5.41) is 9.21. The molecular weight excluding hydrogens is 530 g/mol. The minimum absolute atomic E-state index is 0.165. The number of amides is 1. The zero-order valence-electron chi connectivity index (χ0n) is 22.0. The van der Waals surface area contributed by atoms with E-state index in [9.17, 15) is 4.79 Å². The highest BCUT2D eigenvalue weighted by Crippen LogP contribution is 2.34. The van der Waals surface area contributed by atoms with E-state index < -0.39 is 0 Å². The zero-order chi connectivity index (χ0) is 27.9. The van der Waals surface area contributed by atoms with Gasteiger partial charge in [-0.05, 0) is 76.5 Å². The standard InChI is InChI=1S/C34H25N3O3S/c38-33-32(22-26-9-7-14-30(21-26)40-29-12-5-2-6-13-29)41-34(37(33)24-31-15-8-20-39-31)36-35-23-25-16-18-28(19-17-25)27-10-3-1-4-11-27/h1-23H,24H2/b32-22-,35-23-,36-34+. The summed E-state index contributed by atoms with van der Waals surface area (Å²) in [5.74, 6) is 1.93. The molecule has 1 amide bonds. The Morgan fingerprint density at radius 3 is 2.24 bits per heavy atom. The van der Waals surface area contributed by atoms with Crippen molar-refractivity contribution < 1.29 is 13.9 Å². The first-order valence-corrected chi connectivity index (χ1v) is 13.9. The fourth-order valence-electron chi connectivity index (χ4n) is 4.26. The molecule has 1 fully saturated rings. The Balaban J connectivity index is 1.22. The summed E-state index contributed by atoms with van der Waals surface area (Å²) in [4.78, 5) is 15.6. The van der Waals surface area contributed by atoms with Crippen LogP contribution in [0.3, 0.4) is 0 Å². The number of thioether (sulfide) groups is 1. The number of ether oxygens (including phenoxy) is 1. The van der Waals surface area contributed by atoms with E-state index in [1.54, 1.807) is 23.4 Å². The highest BCUT2D eigenvalue weighted by Gasteiger charge is 2.34. The number of benzene rings is 4. The van der Waals surface area contributed by atoms with E-state index in [0.29, 0.717) is 21.6 Å². The molecule has 1 aliphatic heterocycles. The monoisotopic (exact) mass is 555 g/mol. The normalized spacial score (nSPS) is 15.3. The van der Waals surface area contributed by atoms with E-state index >= 15 is 0 Å². The molecule has 1 aliphatic rings. The lowest BCUT2D eigenvalue weighted by Crippen LogP contribution is -2.28. The molecule has 0 spiro atoms. The summed E-state index contributed by atoms with van der Waals surface area (Å²) in [5.41, 5.74) is 4.04. The first-order chi connectivity index (χ1) is 20.2. The largest absolute Gasteiger partial charge is 0.467 e. The van der Waals surface area contributed by atoms with Gasteiger partial charge in [-0.25, -0.2) is 0 Å². The molecule has 2 heterocycles. The molecule has 0 bridgehead atoms. The maximum atomic E-state index is 13.5. The Hall–Kier alpha value is -5.14. The van der Waals surface area contributed by atoms with Gasteiger partial charge in [-0.1, -0.05) is 84.9 Å². The topological polar surface area (TPSA) is 67.4 Å². The molecule has 6 rings (SSSR count). The van der Waals surface area contributed by atoms with E-state index in [-0.39, 0.29) is 12.5 Å². The molecule has 5 aromatic rings. The first kappa shape index (κ1) is 26.1. The SMILES string of the molecule is O=C1/C(=C/c2cccc(Oc3ccccc3)c2)S/C(=N/N=C\c2ccc(-c3ccccc3)cc2)N1Cc1ccco1. The molecule has 0 atom stereocenters. The molecule has 4 aromatic carbocycles. The van der Waals surface area contributed by atoms with Crippen LogP contribution in [-0.2, 0) is 11.3 Å². The predicted octanol–water partition coefficient (Wildman–Crippen LogP) is 8.25. The summed E-state index contributed by atoms with van der Waals surface area (Å²) < 4.78 is 11.5. The van der Waals surface area contributed by atoms with Crippen molar-refractivity contribution in [2.75, 3.05) is 0 Å². The Morgan fingerprint density at radius 1 is 0.756 bits per heavy atom. The van der Waals surface area contributed by atoms with Crippen molar-refractivity contribution in [3.63, 3.8) is 0 Å². The summed E-state index contributed by atoms with van der Waals surface area (Å²) >= 11 is 1.28. The summed E-state index contributed by atoms with van der Waals surface area (Å²) in [6, 6.07) is 39.1. The molecule has 0 unspecified atom stereocenters. The molecule has 0 radical (unpaired) electrons. The van der Waals surface area contributed by atoms with E-state index in [1.807, 2.05) is 97.1 Å². The van der Waals surface area contributed by atoms with Gasteiger partial charge < -0.3 is 9.15 Å². The van der Waals surface area contributed by atoms with Crippen molar-refractivity contribution in [1.82, 2.24) is 4.90 Å². The smallest absolute Gasteiger partial charge is 0.267 e. The maximum absolute atomic E-state index is 13.5. The van der Waals surface area contributed by atoms with E-state index in [1.165, 1.54) is 11.8 Å². The number of hydrogen-bond acceptors (Lipinski definition) is 6. The number of carbonyl (C=O) groups excluding carboxylic acids is 1. The summed E-state index contributed by atoms with van der Waals surface area (Å²) in [7, 11) is 0. The number of carbonyl (C=O) groups is 1. The van der Waals surface area contributed by atoms with Gasteiger partial charge in [0.2, 0.25) is 0 Å². The molecule has 1 aromatic heterocycles. The van der Waals surface area contributed by atoms with Gasteiger partial charge in [0.1, 0.15) is 17.3 Å². The van der Waals surface area contributed by atoms with Crippen LogP contribution in [0.2, 0.25) is 0 Å². The van der Waals surface area contributed by atoms with E-state index in [2.05, 4.69) is 34.5 Å². The molecule has 7 heteroatoms. The molecule has 0 aliphatic carbocycles. The fourth-order valence-corrected chi connectivity index (χ4v) is 5.20. The van der Waals surface area contributed by atoms with Crippen molar-refractivity contribution >= 4 is 35.1 Å². The minimum Gasteiger partial charge on any atom is -0.467 e. The van der Waals surface area contributed by atoms with Crippen LogP contribution in [0, 0.1) is 0 Å². The number of nitrogens with zero attached hydrogens (tertiary/aromatic N) is 3. The molecular formula is C34H25N3O3S. The number of hydrogen-bond donors (Lipinski definition) is 0. The lowest BCUT2D eigenvalue weighted by Gasteiger charge is -2.12. The van der Waals surface area contributed by atoms with Crippen molar-refractivity contribution in [2.24, 2.45) is 10.2 Å². The summed E-state index contributed by atoms with van der Waals surface area (Å²) in [6.45, 7) is 0.257. The van der Waals surface area contributed by atoms with E-state index in [0.717, 1.165) is 28.0 Å². The van der Waals surface area contributed by atoms with Crippen LogP contribution < -0.4 is 4.74 Å². The molecule has 0 saturated carbocycles. The average Bonchev–Trinajstić information content (AvgIpc) is 3.63. The van der Waals surface area contributed by atoms with Crippen molar-refractivity contribution in [2.45, 2.75) is 6.54 Å². The van der Waals surface area contributed by atoms with Crippen LogP contribution in [0.25, 0.3) is 17.2 Å². The third-order valence-electron chi connectivity index (χ3n) is 6.28. The van der Waals surface area contributed by atoms with Gasteiger partial charge >= 0.3 is 0 Å². The Morgan fingerprint density at radius 2 is 1.49 bits per heavy atom. The van der Waals surface area contributed by atoms with Crippen LogP contribution in [0.5, 0.6) is 11.5 Å². The van der Waals surface area contributed by atoms with Gasteiger partial charge in [-0.3, -0.25) is 9.69 Å². The lowest BCUT2D eigenvalue weighted by atomic mass is 10.0. The summed E-state index contributed by atoms with van der Waals surface area (Å²) in [6.07, 6.45) is 5.12. The van der Waals surface area contributed by atoms with Gasteiger partial charge in [-0.2, -0.15) is 5.10 Å². The van der Waals surface area contributed by atoms with Crippen molar-refractivity contribution in [3.8, 4) is 22.6 Å². The Labute approximate surface area is 242 Å². The molecule has 41 heavy (non-hydrogen) atoms. The second-order valence-corrected chi connectivity index (χ2v) is 10.2. The van der Waals surface area contributed by atoms with E-state index in [4.69, 9.17) is 9.15 Å². The number of furan rings is 1. The van der Waals surface area contributed by atoms with Gasteiger partial charge in [-0.15, -0.1) is 5.10 Å². The second kappa shape index (κ2) is 12.4. The number of rotatable bonds is 8. The first-order valence-electron chi connectivity index (χ1n) is 13.0. The van der Waals surface area contributed by atoms with Crippen LogP contribution in [0.15, 0.2) is 147 Å². The highest BCUT2D eigenvalue weighted by molar-refractivity contribution is 8.18. The average molecular weight is 556 g/mol. The second-order valence-electron chi connectivity index (χ2n) is 9.18. The number of para-hydroxylation sites is 1. The van der Waals surface area contributed by atoms with Gasteiger partial charge in [0, 0.05) is 0 Å². The van der Waals surface area contributed by atoms with Crippen LogP contribution in [0.4, 0.5) is 0 Å². The zero-order valence-corrected chi connectivity index (χ0v) is 22.8. The maximum Gasteiger partial charge on any atom is 0.267 e. The fraction of sp³-hybridized carbons (Fsp3) is 0.0294. The van der Waals surface area contributed by atoms with Gasteiger partial charge in [0.05, 0.1) is 23.9 Å². The quantitative estimate of drug-likeness (QED) is 0.110. The Kier molecular flexibility index (Phi) is 7.87. The van der Waals surface area contributed by atoms with Crippen molar-refractivity contribution in [1.29, 1.82) is 0 Å². The molecule has 6 nitrogen and oxygen atoms in total. The lowest BCUT2D eigenvalue weighted by molar-refractivity contribution is -0.122. The number of amidine groups is 1. The third-order valence-corrected chi connectivity index (χ3v) is 7.28. The van der Waals surface area contributed by atoms with Crippen LogP contribution >= 0.6 is 11.8 Å². The molecule has 1 saturated heterocycles. The Bertz CT molecular complexity index is 1710. The van der Waals surface area contributed by atoms with Gasteiger partial charge in [0.25, 0.3) is 5.91 Å². The third kappa shape index (κ3) is 6.54. The molecule has 0 N–H and O–H groups in total. The van der Waals surface area contributed by atoms with Crippen molar-refractivity contribution in [3.05, 3.63) is 149 Å². The predicted molar refractivity (Wildman–Crippen MR) is 165 cm³/mol. The highest BCUT2D eigenvalue weighted by atomic mass is 32.2. The van der Waals surface area contributed by atoms with Crippen LogP contribution in [0.1, 0.15) is 16.9 Å². The molecule has 200 valence electrons. The van der Waals surface area contributed by atoms with Crippen LogP contribution in [-0.4, -0.2) is 22.2 Å². The minimum atomic E-state index is -0.165. The van der Waals surface area contributed by atoms with Gasteiger partial charge in [0.15, 0.2) is 5.17 Å².